The minimum Gasteiger partial charge on any atom is -0.478 e. The fourth-order valence-electron chi connectivity index (χ4n) is 2.42. The fourth-order valence-corrected chi connectivity index (χ4v) is 3.37. The van der Waals surface area contributed by atoms with E-state index in [2.05, 4.69) is 10.3 Å². The van der Waals surface area contributed by atoms with Crippen LogP contribution in [0.3, 0.4) is 0 Å². The number of anilines is 1. The molecule has 2 N–H and O–H groups in total. The highest BCUT2D eigenvalue weighted by Gasteiger charge is 2.27. The second-order valence-corrected chi connectivity index (χ2v) is 5.96. The van der Waals surface area contributed by atoms with Gasteiger partial charge in [-0.25, -0.2) is 4.79 Å². The van der Waals surface area contributed by atoms with E-state index in [0.29, 0.717) is 5.69 Å². The van der Waals surface area contributed by atoms with Crippen LogP contribution in [0.5, 0.6) is 0 Å². The molecule has 2 aliphatic heterocycles. The third-order valence-corrected chi connectivity index (χ3v) is 4.42. The van der Waals surface area contributed by atoms with Crippen molar-refractivity contribution in [2.75, 3.05) is 18.4 Å². The maximum Gasteiger partial charge on any atom is 0.337 e. The van der Waals surface area contributed by atoms with Crippen LogP contribution >= 0.6 is 11.8 Å². The van der Waals surface area contributed by atoms with Gasteiger partial charge in [-0.3, -0.25) is 9.79 Å². The molecule has 6 nitrogen and oxygen atoms in total. The SMILES string of the molecule is Cc1ccc(NC(=O)CC2=CSC3=NCCN23)c(C(=O)O)c1. The summed E-state index contributed by atoms with van der Waals surface area (Å²) < 4.78 is 0. The molecule has 0 spiro atoms. The summed E-state index contributed by atoms with van der Waals surface area (Å²) in [4.78, 5) is 29.8. The third kappa shape index (κ3) is 2.85. The fraction of sp³-hybridized carbons (Fsp3) is 0.267. The number of nitrogens with one attached hydrogen (secondary N) is 1. The van der Waals surface area contributed by atoms with Crippen molar-refractivity contribution < 1.29 is 14.7 Å². The molecule has 114 valence electrons. The Kier molecular flexibility index (Phi) is 3.89. The number of carboxylic acids is 1. The Morgan fingerprint density at radius 1 is 1.45 bits per heavy atom. The summed E-state index contributed by atoms with van der Waals surface area (Å²) in [7, 11) is 0. The molecule has 0 unspecified atom stereocenters. The second kappa shape index (κ2) is 5.84. The number of aromatic carboxylic acids is 1. The number of aryl methyl sites for hydroxylation is 1. The molecule has 1 aromatic rings. The van der Waals surface area contributed by atoms with Gasteiger partial charge in [0.1, 0.15) is 0 Å². The van der Waals surface area contributed by atoms with Gasteiger partial charge in [0.05, 0.1) is 24.2 Å². The molecule has 0 aliphatic carbocycles. The summed E-state index contributed by atoms with van der Waals surface area (Å²) in [6.45, 7) is 3.36. The van der Waals surface area contributed by atoms with E-state index in [0.717, 1.165) is 29.5 Å². The molecule has 2 heterocycles. The second-order valence-electron chi connectivity index (χ2n) is 5.12. The Morgan fingerprint density at radius 3 is 3.05 bits per heavy atom. The Balaban J connectivity index is 1.70. The Bertz CT molecular complexity index is 712. The Morgan fingerprint density at radius 2 is 2.27 bits per heavy atom. The molecule has 22 heavy (non-hydrogen) atoms. The van der Waals surface area contributed by atoms with Crippen LogP contribution in [-0.4, -0.2) is 40.1 Å². The number of carbonyl (C=O) groups excluding carboxylic acids is 1. The molecule has 0 atom stereocenters. The number of fused-ring (bicyclic) bond motifs is 1. The van der Waals surface area contributed by atoms with E-state index in [1.54, 1.807) is 18.2 Å². The summed E-state index contributed by atoms with van der Waals surface area (Å²) in [5.41, 5.74) is 2.17. The van der Waals surface area contributed by atoms with E-state index in [1.807, 2.05) is 17.2 Å². The minimum atomic E-state index is -1.05. The molecular formula is C15H15N3O3S. The van der Waals surface area contributed by atoms with Gasteiger partial charge in [-0.05, 0) is 24.5 Å². The van der Waals surface area contributed by atoms with Crippen LogP contribution in [0, 0.1) is 6.92 Å². The van der Waals surface area contributed by atoms with Gasteiger partial charge in [0, 0.05) is 12.2 Å². The summed E-state index contributed by atoms with van der Waals surface area (Å²) in [6, 6.07) is 4.95. The summed E-state index contributed by atoms with van der Waals surface area (Å²) >= 11 is 1.52. The third-order valence-electron chi connectivity index (χ3n) is 3.47. The van der Waals surface area contributed by atoms with Crippen LogP contribution < -0.4 is 5.32 Å². The number of benzene rings is 1. The molecule has 0 radical (unpaired) electrons. The number of hydrogen-bond acceptors (Lipinski definition) is 5. The molecule has 2 aliphatic rings. The zero-order valence-corrected chi connectivity index (χ0v) is 12.8. The zero-order valence-electron chi connectivity index (χ0n) is 12.0. The zero-order chi connectivity index (χ0) is 15.7. The molecule has 7 heteroatoms. The van der Waals surface area contributed by atoms with Gasteiger partial charge in [-0.2, -0.15) is 0 Å². The van der Waals surface area contributed by atoms with Crippen molar-refractivity contribution >= 4 is 34.5 Å². The number of aliphatic imine (C=N–C) groups is 1. The van der Waals surface area contributed by atoms with Crippen molar-refractivity contribution in [1.29, 1.82) is 0 Å². The molecule has 0 saturated carbocycles. The highest BCUT2D eigenvalue weighted by atomic mass is 32.2. The van der Waals surface area contributed by atoms with Crippen molar-refractivity contribution in [3.05, 3.63) is 40.4 Å². The number of rotatable bonds is 4. The normalized spacial score (nSPS) is 16.1. The van der Waals surface area contributed by atoms with Crippen LogP contribution in [0.1, 0.15) is 22.3 Å². The predicted octanol–water partition coefficient (Wildman–Crippen LogP) is 2.28. The van der Waals surface area contributed by atoms with Crippen LogP contribution in [0.15, 0.2) is 34.3 Å². The average Bonchev–Trinajstić information content (AvgIpc) is 3.05. The lowest BCUT2D eigenvalue weighted by Crippen LogP contribution is -2.24. The first-order valence-electron chi connectivity index (χ1n) is 6.86. The maximum atomic E-state index is 12.2. The maximum absolute atomic E-state index is 12.2. The Hall–Kier alpha value is -2.28. The topological polar surface area (TPSA) is 82.0 Å². The van der Waals surface area contributed by atoms with E-state index in [1.165, 1.54) is 11.8 Å². The number of thioether (sulfide) groups is 1. The van der Waals surface area contributed by atoms with Crippen molar-refractivity contribution in [3.8, 4) is 0 Å². The molecule has 1 aromatic carbocycles. The summed E-state index contributed by atoms with van der Waals surface area (Å²) in [5.74, 6) is -1.28. The van der Waals surface area contributed by atoms with E-state index in [-0.39, 0.29) is 17.9 Å². The molecule has 0 saturated heterocycles. The molecule has 0 fully saturated rings. The molecular weight excluding hydrogens is 302 g/mol. The largest absolute Gasteiger partial charge is 0.478 e. The van der Waals surface area contributed by atoms with Gasteiger partial charge in [0.2, 0.25) is 5.91 Å². The van der Waals surface area contributed by atoms with E-state index in [4.69, 9.17) is 0 Å². The molecule has 3 rings (SSSR count). The van der Waals surface area contributed by atoms with Crippen molar-refractivity contribution in [2.24, 2.45) is 4.99 Å². The van der Waals surface area contributed by atoms with Crippen LogP contribution in [0.25, 0.3) is 0 Å². The van der Waals surface area contributed by atoms with Crippen LogP contribution in [-0.2, 0) is 4.79 Å². The smallest absolute Gasteiger partial charge is 0.337 e. The lowest BCUT2D eigenvalue weighted by molar-refractivity contribution is -0.115. The van der Waals surface area contributed by atoms with Gasteiger partial charge in [0.25, 0.3) is 0 Å². The molecule has 1 amide bonds. The summed E-state index contributed by atoms with van der Waals surface area (Å²) in [6.07, 6.45) is 0.207. The lowest BCUT2D eigenvalue weighted by atomic mass is 10.1. The first-order valence-corrected chi connectivity index (χ1v) is 7.74. The van der Waals surface area contributed by atoms with Gasteiger partial charge in [-0.15, -0.1) is 0 Å². The number of carboxylic acid groups (broad SMARTS) is 1. The number of amides is 1. The average molecular weight is 317 g/mol. The number of hydrogen-bond donors (Lipinski definition) is 2. The van der Waals surface area contributed by atoms with Crippen molar-refractivity contribution in [3.63, 3.8) is 0 Å². The highest BCUT2D eigenvalue weighted by molar-refractivity contribution is 8.16. The minimum absolute atomic E-state index is 0.103. The quantitative estimate of drug-likeness (QED) is 0.890. The predicted molar refractivity (Wildman–Crippen MR) is 86.1 cm³/mol. The Labute approximate surface area is 131 Å². The number of amidine groups is 1. The van der Waals surface area contributed by atoms with E-state index in [9.17, 15) is 14.7 Å². The van der Waals surface area contributed by atoms with E-state index >= 15 is 0 Å². The van der Waals surface area contributed by atoms with Crippen LogP contribution in [0.2, 0.25) is 0 Å². The van der Waals surface area contributed by atoms with Gasteiger partial charge in [-0.1, -0.05) is 23.4 Å². The van der Waals surface area contributed by atoms with Gasteiger partial charge < -0.3 is 15.3 Å². The van der Waals surface area contributed by atoms with Crippen molar-refractivity contribution in [2.45, 2.75) is 13.3 Å². The standard InChI is InChI=1S/C15H15N3O3S/c1-9-2-3-12(11(6-9)14(20)21)17-13(19)7-10-8-22-15-16-4-5-18(10)15/h2-3,6,8H,4-5,7H2,1H3,(H,17,19)(H,20,21). The van der Waals surface area contributed by atoms with Gasteiger partial charge in [0.15, 0.2) is 5.17 Å². The monoisotopic (exact) mass is 317 g/mol. The lowest BCUT2D eigenvalue weighted by Gasteiger charge is -2.16. The van der Waals surface area contributed by atoms with Gasteiger partial charge >= 0.3 is 5.97 Å². The van der Waals surface area contributed by atoms with Crippen LogP contribution in [0.4, 0.5) is 5.69 Å². The van der Waals surface area contributed by atoms with Crippen molar-refractivity contribution in [1.82, 2.24) is 4.90 Å². The summed E-state index contributed by atoms with van der Waals surface area (Å²) in [5, 5.41) is 14.8. The first-order chi connectivity index (χ1) is 10.5. The highest BCUT2D eigenvalue weighted by Crippen LogP contribution is 2.31. The molecule has 0 bridgehead atoms. The number of carbonyl (C=O) groups is 2. The molecule has 0 aromatic heterocycles. The van der Waals surface area contributed by atoms with E-state index < -0.39 is 5.97 Å². The first kappa shape index (κ1) is 14.6. The number of nitrogens with zero attached hydrogens (tertiary/aromatic N) is 2.